The third-order valence-electron chi connectivity index (χ3n) is 3.32. The first-order chi connectivity index (χ1) is 8.38. The highest BCUT2D eigenvalue weighted by atomic mass is 19.1. The van der Waals surface area contributed by atoms with E-state index in [1.54, 1.807) is 18.9 Å². The number of benzene rings is 1. The number of anilines is 1. The molecule has 0 bridgehead atoms. The lowest BCUT2D eigenvalue weighted by molar-refractivity contribution is 0.0736. The Morgan fingerprint density at radius 3 is 2.61 bits per heavy atom. The maximum Gasteiger partial charge on any atom is 0.254 e. The molecule has 100 valence electrons. The van der Waals surface area contributed by atoms with Crippen LogP contribution in [0.4, 0.5) is 10.1 Å². The molecule has 1 unspecified atom stereocenters. The Kier molecular flexibility index (Phi) is 4.70. The molecule has 0 aliphatic rings. The van der Waals surface area contributed by atoms with Gasteiger partial charge in [-0.1, -0.05) is 13.3 Å². The maximum absolute atomic E-state index is 13.6. The van der Waals surface area contributed by atoms with Gasteiger partial charge in [-0.25, -0.2) is 4.39 Å². The fourth-order valence-electron chi connectivity index (χ4n) is 1.84. The molecule has 0 saturated carbocycles. The number of hydrogen-bond acceptors (Lipinski definition) is 2. The number of halogens is 1. The van der Waals surface area contributed by atoms with Crippen LogP contribution in [0.3, 0.4) is 0 Å². The fraction of sp³-hybridized carbons (Fsp3) is 0.500. The molecule has 2 N–H and O–H groups in total. The van der Waals surface area contributed by atoms with E-state index in [1.807, 2.05) is 6.92 Å². The molecule has 1 aromatic rings. The Hall–Kier alpha value is -1.58. The van der Waals surface area contributed by atoms with Crippen molar-refractivity contribution in [3.63, 3.8) is 0 Å². The lowest BCUT2D eigenvalue weighted by Gasteiger charge is -2.25. The highest BCUT2D eigenvalue weighted by Crippen LogP contribution is 2.19. The van der Waals surface area contributed by atoms with Gasteiger partial charge in [0.2, 0.25) is 0 Å². The molecule has 0 fully saturated rings. The van der Waals surface area contributed by atoms with Crippen LogP contribution in [0.2, 0.25) is 0 Å². The zero-order chi connectivity index (χ0) is 13.9. The van der Waals surface area contributed by atoms with E-state index in [0.29, 0.717) is 16.8 Å². The quantitative estimate of drug-likeness (QED) is 0.837. The molecule has 18 heavy (non-hydrogen) atoms. The van der Waals surface area contributed by atoms with Crippen LogP contribution < -0.4 is 5.73 Å². The van der Waals surface area contributed by atoms with Crippen LogP contribution in [0.5, 0.6) is 0 Å². The van der Waals surface area contributed by atoms with E-state index in [4.69, 9.17) is 5.73 Å². The van der Waals surface area contributed by atoms with Gasteiger partial charge < -0.3 is 10.6 Å². The monoisotopic (exact) mass is 252 g/mol. The molecular formula is C14H21FN2O. The molecule has 0 aromatic heterocycles. The van der Waals surface area contributed by atoms with E-state index in [1.165, 1.54) is 12.1 Å². The Bertz CT molecular complexity index is 422. The second-order valence-electron chi connectivity index (χ2n) is 4.73. The molecule has 4 heteroatoms. The summed E-state index contributed by atoms with van der Waals surface area (Å²) in [5.41, 5.74) is 6.69. The smallest absolute Gasteiger partial charge is 0.254 e. The highest BCUT2D eigenvalue weighted by Gasteiger charge is 2.18. The van der Waals surface area contributed by atoms with E-state index < -0.39 is 5.82 Å². The first kappa shape index (κ1) is 14.5. The summed E-state index contributed by atoms with van der Waals surface area (Å²) in [6.07, 6.45) is 1.93. The van der Waals surface area contributed by atoms with Gasteiger partial charge in [-0.2, -0.15) is 0 Å². The second kappa shape index (κ2) is 5.85. The summed E-state index contributed by atoms with van der Waals surface area (Å²) in [4.78, 5) is 13.8. The number of carbonyl (C=O) groups is 1. The van der Waals surface area contributed by atoms with Gasteiger partial charge in [0.15, 0.2) is 0 Å². The summed E-state index contributed by atoms with van der Waals surface area (Å²) in [6.45, 7) is 5.65. The predicted octanol–water partition coefficient (Wildman–Crippen LogP) is 2.98. The van der Waals surface area contributed by atoms with Crippen LogP contribution >= 0.6 is 0 Å². The summed E-state index contributed by atoms with van der Waals surface area (Å²) in [6, 6.07) is 2.92. The van der Waals surface area contributed by atoms with E-state index in [2.05, 4.69) is 6.92 Å². The number of amides is 1. The summed E-state index contributed by atoms with van der Waals surface area (Å²) < 4.78 is 13.6. The second-order valence-corrected chi connectivity index (χ2v) is 4.73. The van der Waals surface area contributed by atoms with Gasteiger partial charge in [-0.3, -0.25) is 4.79 Å². The lowest BCUT2D eigenvalue weighted by atomic mass is 10.1. The third kappa shape index (κ3) is 3.00. The summed E-state index contributed by atoms with van der Waals surface area (Å²) in [5.74, 6) is -0.628. The van der Waals surface area contributed by atoms with Crippen molar-refractivity contribution in [2.24, 2.45) is 0 Å². The molecule has 0 aliphatic heterocycles. The average molecular weight is 252 g/mol. The highest BCUT2D eigenvalue weighted by molar-refractivity contribution is 5.95. The molecule has 1 atom stereocenters. The van der Waals surface area contributed by atoms with Gasteiger partial charge in [0.05, 0.1) is 0 Å². The third-order valence-corrected chi connectivity index (χ3v) is 3.32. The first-order valence-electron chi connectivity index (χ1n) is 6.21. The molecular weight excluding hydrogens is 231 g/mol. The summed E-state index contributed by atoms with van der Waals surface area (Å²) >= 11 is 0. The van der Waals surface area contributed by atoms with Crippen molar-refractivity contribution in [2.45, 2.75) is 39.7 Å². The van der Waals surface area contributed by atoms with Gasteiger partial charge >= 0.3 is 0 Å². The minimum atomic E-state index is -0.435. The molecule has 0 aliphatic carbocycles. The first-order valence-corrected chi connectivity index (χ1v) is 6.21. The Balaban J connectivity index is 2.97. The fourth-order valence-corrected chi connectivity index (χ4v) is 1.84. The molecule has 3 nitrogen and oxygen atoms in total. The van der Waals surface area contributed by atoms with Crippen molar-refractivity contribution in [1.29, 1.82) is 0 Å². The number of nitrogens with zero attached hydrogens (tertiary/aromatic N) is 1. The predicted molar refractivity (Wildman–Crippen MR) is 72.0 cm³/mol. The topological polar surface area (TPSA) is 46.3 Å². The Morgan fingerprint density at radius 1 is 1.50 bits per heavy atom. The molecule has 1 rings (SSSR count). The van der Waals surface area contributed by atoms with Gasteiger partial charge in [0.25, 0.3) is 5.91 Å². The Morgan fingerprint density at radius 2 is 2.11 bits per heavy atom. The molecule has 0 radical (unpaired) electrons. The van der Waals surface area contributed by atoms with Crippen LogP contribution in [0.25, 0.3) is 0 Å². The largest absolute Gasteiger partial charge is 0.398 e. The minimum Gasteiger partial charge on any atom is -0.398 e. The number of rotatable bonds is 4. The van der Waals surface area contributed by atoms with Gasteiger partial charge in [-0.05, 0) is 32.4 Å². The number of nitrogen functional groups attached to an aromatic ring is 1. The van der Waals surface area contributed by atoms with Crippen molar-refractivity contribution in [2.75, 3.05) is 12.8 Å². The van der Waals surface area contributed by atoms with Crippen LogP contribution in [0, 0.1) is 12.7 Å². The average Bonchev–Trinajstić information content (AvgIpc) is 2.33. The zero-order valence-electron chi connectivity index (χ0n) is 11.5. The molecule has 1 aromatic carbocycles. The van der Waals surface area contributed by atoms with Gasteiger partial charge in [0, 0.05) is 29.9 Å². The van der Waals surface area contributed by atoms with E-state index in [0.717, 1.165) is 12.8 Å². The molecule has 0 spiro atoms. The van der Waals surface area contributed by atoms with E-state index in [-0.39, 0.29) is 11.9 Å². The van der Waals surface area contributed by atoms with Crippen LogP contribution in [0.1, 0.15) is 42.6 Å². The number of hydrogen-bond donors (Lipinski definition) is 1. The van der Waals surface area contributed by atoms with Crippen LogP contribution in [-0.4, -0.2) is 23.9 Å². The zero-order valence-corrected chi connectivity index (χ0v) is 11.5. The van der Waals surface area contributed by atoms with Crippen molar-refractivity contribution >= 4 is 11.6 Å². The van der Waals surface area contributed by atoms with E-state index >= 15 is 0 Å². The van der Waals surface area contributed by atoms with Crippen molar-refractivity contribution in [3.8, 4) is 0 Å². The lowest BCUT2D eigenvalue weighted by Crippen LogP contribution is -2.35. The SMILES string of the molecule is CCCC(C)N(C)C(=O)c1cc(N)c(C)c(F)c1. The normalized spacial score (nSPS) is 12.3. The van der Waals surface area contributed by atoms with Crippen LogP contribution in [0.15, 0.2) is 12.1 Å². The maximum atomic E-state index is 13.6. The molecule has 0 saturated heterocycles. The van der Waals surface area contributed by atoms with Crippen molar-refractivity contribution < 1.29 is 9.18 Å². The van der Waals surface area contributed by atoms with Crippen molar-refractivity contribution in [1.82, 2.24) is 4.90 Å². The van der Waals surface area contributed by atoms with Gasteiger partial charge in [-0.15, -0.1) is 0 Å². The van der Waals surface area contributed by atoms with E-state index in [9.17, 15) is 9.18 Å². The molecule has 0 heterocycles. The summed E-state index contributed by atoms with van der Waals surface area (Å²) in [5, 5.41) is 0. The molecule has 1 amide bonds. The number of carbonyl (C=O) groups excluding carboxylic acids is 1. The Labute approximate surface area is 108 Å². The van der Waals surface area contributed by atoms with Gasteiger partial charge in [0.1, 0.15) is 5.82 Å². The number of nitrogens with two attached hydrogens (primary N) is 1. The van der Waals surface area contributed by atoms with Crippen LogP contribution in [-0.2, 0) is 0 Å². The summed E-state index contributed by atoms with van der Waals surface area (Å²) in [7, 11) is 1.73. The standard InChI is InChI=1S/C14H21FN2O/c1-5-6-9(2)17(4)14(18)11-7-12(15)10(3)13(16)8-11/h7-9H,5-6,16H2,1-4H3. The van der Waals surface area contributed by atoms with Crippen molar-refractivity contribution in [3.05, 3.63) is 29.1 Å². The minimum absolute atomic E-state index is 0.132.